The average molecular weight is 767 g/mol. The lowest BCUT2D eigenvalue weighted by Crippen LogP contribution is -2.46. The predicted molar refractivity (Wildman–Crippen MR) is 204 cm³/mol. The molecule has 11 nitrogen and oxygen atoms in total. The Labute approximate surface area is 314 Å². The van der Waals surface area contributed by atoms with Crippen LogP contribution in [0.2, 0.25) is 10.0 Å². The molecule has 8 rings (SSSR count). The van der Waals surface area contributed by atoms with E-state index in [1.165, 1.54) is 0 Å². The van der Waals surface area contributed by atoms with Gasteiger partial charge in [-0.25, -0.2) is 19.0 Å². The Hall–Kier alpha value is -3.59. The fraction of sp³-hybridized carbons (Fsp3) is 0.361. The van der Waals surface area contributed by atoms with E-state index in [1.807, 2.05) is 64.6 Å². The van der Waals surface area contributed by atoms with Crippen LogP contribution in [0.3, 0.4) is 0 Å². The van der Waals surface area contributed by atoms with Crippen LogP contribution in [0.5, 0.6) is 5.75 Å². The van der Waals surface area contributed by atoms with E-state index in [-0.39, 0.29) is 11.8 Å². The number of thioether (sulfide) groups is 2. The molecule has 2 aromatic heterocycles. The van der Waals surface area contributed by atoms with Crippen LogP contribution < -0.4 is 20.2 Å². The minimum Gasteiger partial charge on any atom is -0.491 e. The third-order valence-electron chi connectivity index (χ3n) is 9.31. The third-order valence-corrected chi connectivity index (χ3v) is 12.9. The van der Waals surface area contributed by atoms with Crippen molar-refractivity contribution in [2.45, 2.75) is 29.6 Å². The highest BCUT2D eigenvalue weighted by molar-refractivity contribution is 8.20. The van der Waals surface area contributed by atoms with E-state index in [4.69, 9.17) is 37.4 Å². The molecule has 266 valence electrons. The van der Waals surface area contributed by atoms with Crippen molar-refractivity contribution in [1.82, 2.24) is 23.9 Å². The van der Waals surface area contributed by atoms with Gasteiger partial charge in [-0.2, -0.15) is 5.10 Å². The molecular weight excluding hydrogens is 729 g/mol. The molecule has 0 bridgehead atoms. The van der Waals surface area contributed by atoms with Crippen LogP contribution in [0.1, 0.15) is 5.56 Å². The van der Waals surface area contributed by atoms with Crippen LogP contribution in [0, 0.1) is 0 Å². The molecular formula is C36H37Cl2N7O4S2. The van der Waals surface area contributed by atoms with E-state index in [0.29, 0.717) is 46.5 Å². The Balaban J connectivity index is 0.837. The molecule has 5 aromatic rings. The molecule has 51 heavy (non-hydrogen) atoms. The summed E-state index contributed by atoms with van der Waals surface area (Å²) in [7, 11) is 0. The van der Waals surface area contributed by atoms with Crippen molar-refractivity contribution >= 4 is 58.1 Å². The topological polar surface area (TPSA) is 91.8 Å². The van der Waals surface area contributed by atoms with E-state index in [2.05, 4.69) is 44.1 Å². The summed E-state index contributed by atoms with van der Waals surface area (Å²) in [5.74, 6) is 1.93. The van der Waals surface area contributed by atoms with Crippen LogP contribution >= 0.6 is 46.7 Å². The molecule has 3 saturated heterocycles. The molecule has 0 aliphatic carbocycles. The Bertz CT molecular complexity index is 1980. The number of imidazole rings is 1. The SMILES string of the molecule is O=c1n(-c2ccc(N3CCN(c4ccc(OCC5COC(Cn6ccnc6)(c6ccc(Cl)cc6Cl)O5)cc4)CC3)cc2)cnn1CC1SCCS1. The molecule has 5 heterocycles. The number of ether oxygens (including phenoxy) is 3. The number of piperazine rings is 1. The fourth-order valence-electron chi connectivity index (χ4n) is 6.66. The summed E-state index contributed by atoms with van der Waals surface area (Å²) in [4.78, 5) is 21.9. The number of hydrogen-bond donors (Lipinski definition) is 0. The second kappa shape index (κ2) is 15.2. The van der Waals surface area contributed by atoms with Crippen molar-refractivity contribution in [3.63, 3.8) is 0 Å². The summed E-state index contributed by atoms with van der Waals surface area (Å²) in [6, 6.07) is 21.7. The summed E-state index contributed by atoms with van der Waals surface area (Å²) >= 11 is 16.6. The minimum atomic E-state index is -1.10. The smallest absolute Gasteiger partial charge is 0.350 e. The van der Waals surface area contributed by atoms with Crippen LogP contribution in [0.15, 0.2) is 96.6 Å². The van der Waals surface area contributed by atoms with Gasteiger partial charge in [0.05, 0.1) is 41.3 Å². The maximum Gasteiger partial charge on any atom is 0.350 e. The van der Waals surface area contributed by atoms with Crippen molar-refractivity contribution in [2.75, 3.05) is 60.7 Å². The molecule has 0 saturated carbocycles. The van der Waals surface area contributed by atoms with Crippen molar-refractivity contribution in [3.05, 3.63) is 118 Å². The first-order valence-corrected chi connectivity index (χ1v) is 19.7. The number of nitrogens with zero attached hydrogens (tertiary/aromatic N) is 7. The Kier molecular flexibility index (Phi) is 10.3. The number of anilines is 2. The van der Waals surface area contributed by atoms with E-state index >= 15 is 0 Å². The summed E-state index contributed by atoms with van der Waals surface area (Å²) < 4.78 is 24.5. The number of halogens is 2. The highest BCUT2D eigenvalue weighted by atomic mass is 35.5. The Morgan fingerprint density at radius 1 is 0.882 bits per heavy atom. The van der Waals surface area contributed by atoms with Gasteiger partial charge >= 0.3 is 5.69 Å². The van der Waals surface area contributed by atoms with Gasteiger partial charge in [-0.15, -0.1) is 23.5 Å². The molecule has 0 N–H and O–H groups in total. The summed E-state index contributed by atoms with van der Waals surface area (Å²) in [5, 5.41) is 5.39. The number of hydrogen-bond acceptors (Lipinski definition) is 10. The van der Waals surface area contributed by atoms with Crippen LogP contribution in [0.4, 0.5) is 11.4 Å². The van der Waals surface area contributed by atoms with Gasteiger partial charge in [0.25, 0.3) is 0 Å². The maximum absolute atomic E-state index is 13.0. The normalized spacial score (nSPS) is 21.1. The van der Waals surface area contributed by atoms with Gasteiger partial charge in [-0.1, -0.05) is 29.3 Å². The zero-order valence-electron chi connectivity index (χ0n) is 27.7. The molecule has 2 atom stereocenters. The lowest BCUT2D eigenvalue weighted by molar-refractivity contribution is -0.189. The quantitative estimate of drug-likeness (QED) is 0.159. The molecule has 3 aliphatic heterocycles. The van der Waals surface area contributed by atoms with Gasteiger partial charge in [-0.3, -0.25) is 0 Å². The van der Waals surface area contributed by atoms with Crippen molar-refractivity contribution < 1.29 is 14.2 Å². The second-order valence-corrected chi connectivity index (χ2v) is 16.4. The second-order valence-electron chi connectivity index (χ2n) is 12.6. The molecule has 3 aliphatic rings. The minimum absolute atomic E-state index is 0.0927. The molecule has 0 radical (unpaired) electrons. The monoisotopic (exact) mass is 765 g/mol. The van der Waals surface area contributed by atoms with Crippen molar-refractivity contribution in [1.29, 1.82) is 0 Å². The van der Waals surface area contributed by atoms with E-state index in [0.717, 1.165) is 60.5 Å². The Morgan fingerprint density at radius 3 is 2.24 bits per heavy atom. The molecule has 0 spiro atoms. The molecule has 2 unspecified atom stereocenters. The van der Waals surface area contributed by atoms with Crippen LogP contribution in [0.25, 0.3) is 5.69 Å². The molecule has 3 fully saturated rings. The highest BCUT2D eigenvalue weighted by Gasteiger charge is 2.45. The lowest BCUT2D eigenvalue weighted by Gasteiger charge is -2.37. The average Bonchev–Trinajstić information content (AvgIpc) is 3.99. The fourth-order valence-corrected chi connectivity index (χ4v) is 9.96. The summed E-state index contributed by atoms with van der Waals surface area (Å²) in [6.07, 6.45) is 6.62. The summed E-state index contributed by atoms with van der Waals surface area (Å²) in [6.45, 7) is 5.26. The standard InChI is InChI=1S/C36H37Cl2N7O4S2/c37-26-1-10-32(33(38)19-26)36(23-41-12-11-39-24-41)48-22-31(49-36)21-47-30-8-6-28(7-9-30)43-15-13-42(14-16-43)27-2-4-29(5-3-27)44-25-40-45(35(44)46)20-34-50-17-18-51-34/h1-12,19,24-25,31,34H,13-18,20-23H2. The summed E-state index contributed by atoms with van der Waals surface area (Å²) in [5.41, 5.74) is 3.74. The predicted octanol–water partition coefficient (Wildman–Crippen LogP) is 6.02. The van der Waals surface area contributed by atoms with Crippen molar-refractivity contribution in [3.8, 4) is 11.4 Å². The molecule has 0 amide bonds. The first-order valence-electron chi connectivity index (χ1n) is 16.9. The zero-order chi connectivity index (χ0) is 34.8. The van der Waals surface area contributed by atoms with E-state index in [1.54, 1.807) is 40.2 Å². The molecule has 3 aromatic carbocycles. The lowest BCUT2D eigenvalue weighted by atomic mass is 10.1. The van der Waals surface area contributed by atoms with Crippen LogP contribution in [-0.2, 0) is 28.4 Å². The Morgan fingerprint density at radius 2 is 1.57 bits per heavy atom. The van der Waals surface area contributed by atoms with Crippen LogP contribution in [-0.4, -0.2) is 85.5 Å². The number of rotatable bonds is 11. The van der Waals surface area contributed by atoms with Gasteiger partial charge in [0.2, 0.25) is 5.79 Å². The highest BCUT2D eigenvalue weighted by Crippen LogP contribution is 2.41. The van der Waals surface area contributed by atoms with Gasteiger partial charge in [0.15, 0.2) is 0 Å². The number of aromatic nitrogens is 5. The van der Waals surface area contributed by atoms with Gasteiger partial charge < -0.3 is 28.6 Å². The number of benzene rings is 3. The first kappa shape index (κ1) is 34.5. The van der Waals surface area contributed by atoms with Gasteiger partial charge in [-0.05, 0) is 60.7 Å². The van der Waals surface area contributed by atoms with Crippen molar-refractivity contribution in [2.24, 2.45) is 0 Å². The van der Waals surface area contributed by atoms with E-state index in [9.17, 15) is 4.79 Å². The molecule has 15 heteroatoms. The largest absolute Gasteiger partial charge is 0.491 e. The first-order chi connectivity index (χ1) is 24.9. The third kappa shape index (κ3) is 7.65. The maximum atomic E-state index is 13.0. The van der Waals surface area contributed by atoms with E-state index < -0.39 is 5.79 Å². The zero-order valence-corrected chi connectivity index (χ0v) is 30.9. The van der Waals surface area contributed by atoms with Gasteiger partial charge in [0.1, 0.15) is 24.8 Å². The van der Waals surface area contributed by atoms with Gasteiger partial charge in [0, 0.05) is 72.0 Å².